The SMILES string of the molecule is O=C(Nc1cccc(-c2nn3ccccc3c2-c2ccnc(Nc3ccc4cnccc4c3)n2)c1)c1c(F)cccc1F. The van der Waals surface area contributed by atoms with E-state index in [-0.39, 0.29) is 0 Å². The van der Waals surface area contributed by atoms with Crippen molar-refractivity contribution in [2.24, 2.45) is 0 Å². The molecule has 0 aliphatic heterocycles. The summed E-state index contributed by atoms with van der Waals surface area (Å²) in [7, 11) is 0. The number of anilines is 3. The second-order valence-electron chi connectivity index (χ2n) is 9.71. The molecule has 8 nitrogen and oxygen atoms in total. The molecule has 0 aliphatic rings. The minimum absolute atomic E-state index is 0.352. The lowest BCUT2D eigenvalue weighted by atomic mass is 10.0. The van der Waals surface area contributed by atoms with Crippen molar-refractivity contribution in [2.75, 3.05) is 10.6 Å². The smallest absolute Gasteiger partial charge is 0.261 e. The fourth-order valence-electron chi connectivity index (χ4n) is 4.95. The molecule has 7 aromatic rings. The molecule has 0 spiro atoms. The van der Waals surface area contributed by atoms with Crippen LogP contribution in [0.1, 0.15) is 10.4 Å². The fraction of sp³-hybridized carbons (Fsp3) is 0. The van der Waals surface area contributed by atoms with E-state index in [4.69, 9.17) is 10.1 Å². The molecule has 0 radical (unpaired) electrons. The molecular formula is C33H21F2N7O. The van der Waals surface area contributed by atoms with Gasteiger partial charge in [0.25, 0.3) is 5.91 Å². The zero-order chi connectivity index (χ0) is 29.3. The number of carbonyl (C=O) groups excluding carboxylic acids is 1. The first-order chi connectivity index (χ1) is 21.0. The van der Waals surface area contributed by atoms with Crippen molar-refractivity contribution in [1.82, 2.24) is 24.6 Å². The maximum Gasteiger partial charge on any atom is 0.261 e. The van der Waals surface area contributed by atoms with Gasteiger partial charge in [-0.25, -0.2) is 23.3 Å². The summed E-state index contributed by atoms with van der Waals surface area (Å²) in [6.07, 6.45) is 7.06. The predicted molar refractivity (Wildman–Crippen MR) is 161 cm³/mol. The molecule has 10 heteroatoms. The Morgan fingerprint density at radius 1 is 0.791 bits per heavy atom. The number of aromatic nitrogens is 5. The lowest BCUT2D eigenvalue weighted by molar-refractivity contribution is 0.101. The quantitative estimate of drug-likeness (QED) is 0.218. The predicted octanol–water partition coefficient (Wildman–Crippen LogP) is 7.28. The van der Waals surface area contributed by atoms with E-state index < -0.39 is 23.1 Å². The van der Waals surface area contributed by atoms with Crippen LogP contribution in [0.25, 0.3) is 38.8 Å². The van der Waals surface area contributed by atoms with Crippen molar-refractivity contribution < 1.29 is 13.6 Å². The Balaban J connectivity index is 1.26. The number of nitrogens with one attached hydrogen (secondary N) is 2. The molecule has 0 atom stereocenters. The lowest BCUT2D eigenvalue weighted by Gasteiger charge is -2.10. The highest BCUT2D eigenvalue weighted by molar-refractivity contribution is 6.05. The molecule has 43 heavy (non-hydrogen) atoms. The molecule has 1 amide bonds. The maximum absolute atomic E-state index is 14.2. The first-order valence-corrected chi connectivity index (χ1v) is 13.3. The van der Waals surface area contributed by atoms with Gasteiger partial charge in [0.1, 0.15) is 22.9 Å². The van der Waals surface area contributed by atoms with E-state index in [1.54, 1.807) is 41.2 Å². The van der Waals surface area contributed by atoms with Crippen molar-refractivity contribution in [2.45, 2.75) is 0 Å². The number of amides is 1. The van der Waals surface area contributed by atoms with Crippen LogP contribution in [-0.4, -0.2) is 30.5 Å². The van der Waals surface area contributed by atoms with Crippen LogP contribution in [0.15, 0.2) is 116 Å². The van der Waals surface area contributed by atoms with E-state index in [2.05, 4.69) is 20.6 Å². The van der Waals surface area contributed by atoms with Gasteiger partial charge in [0.2, 0.25) is 5.95 Å². The minimum Gasteiger partial charge on any atom is -0.324 e. The van der Waals surface area contributed by atoms with E-state index >= 15 is 0 Å². The summed E-state index contributed by atoms with van der Waals surface area (Å²) in [5.41, 5.74) is 3.98. The molecule has 208 valence electrons. The van der Waals surface area contributed by atoms with Gasteiger partial charge in [-0.05, 0) is 66.0 Å². The van der Waals surface area contributed by atoms with Crippen LogP contribution in [-0.2, 0) is 0 Å². The molecule has 0 saturated carbocycles. The number of fused-ring (bicyclic) bond motifs is 2. The van der Waals surface area contributed by atoms with Crippen LogP contribution in [0.3, 0.4) is 0 Å². The molecule has 0 fully saturated rings. The van der Waals surface area contributed by atoms with Gasteiger partial charge < -0.3 is 10.6 Å². The Bertz CT molecular complexity index is 2140. The zero-order valence-electron chi connectivity index (χ0n) is 22.4. The fourth-order valence-corrected chi connectivity index (χ4v) is 4.95. The van der Waals surface area contributed by atoms with Crippen molar-refractivity contribution in [3.8, 4) is 22.5 Å². The Labute approximate surface area is 243 Å². The molecule has 2 N–H and O–H groups in total. The van der Waals surface area contributed by atoms with E-state index in [1.165, 1.54) is 6.07 Å². The summed E-state index contributed by atoms with van der Waals surface area (Å²) >= 11 is 0. The highest BCUT2D eigenvalue weighted by atomic mass is 19.1. The maximum atomic E-state index is 14.2. The summed E-state index contributed by atoms with van der Waals surface area (Å²) < 4.78 is 30.2. The Hall–Kier alpha value is -6.03. The van der Waals surface area contributed by atoms with Gasteiger partial charge in [0.05, 0.1) is 16.8 Å². The van der Waals surface area contributed by atoms with Crippen molar-refractivity contribution in [3.63, 3.8) is 0 Å². The van der Waals surface area contributed by atoms with Crippen LogP contribution in [0.2, 0.25) is 0 Å². The standard InChI is InChI=1S/C33H21F2N7O/c34-25-7-4-8-26(35)29(25)32(43)38-23-6-3-5-21(18-23)31-30(28-9-1-2-16-42(28)41-31)27-13-15-37-33(40-27)39-24-11-10-22-19-36-14-12-20(22)17-24/h1-19H,(H,38,43)(H,37,39,40). The van der Waals surface area contributed by atoms with Crippen LogP contribution in [0, 0.1) is 11.6 Å². The van der Waals surface area contributed by atoms with Crippen LogP contribution in [0.5, 0.6) is 0 Å². The van der Waals surface area contributed by atoms with E-state index in [1.807, 2.05) is 60.9 Å². The van der Waals surface area contributed by atoms with Gasteiger partial charge in [0.15, 0.2) is 0 Å². The largest absolute Gasteiger partial charge is 0.324 e. The third-order valence-electron chi connectivity index (χ3n) is 6.93. The van der Waals surface area contributed by atoms with Gasteiger partial charge in [-0.15, -0.1) is 0 Å². The number of halogens is 2. The van der Waals surface area contributed by atoms with E-state index in [0.717, 1.165) is 39.7 Å². The molecule has 0 aliphatic carbocycles. The number of hydrogen-bond acceptors (Lipinski definition) is 6. The van der Waals surface area contributed by atoms with Gasteiger partial charge in [-0.2, -0.15) is 5.10 Å². The number of nitrogens with zero attached hydrogens (tertiary/aromatic N) is 5. The molecule has 4 heterocycles. The molecular weight excluding hydrogens is 548 g/mol. The van der Waals surface area contributed by atoms with E-state index in [9.17, 15) is 13.6 Å². The summed E-state index contributed by atoms with van der Waals surface area (Å²) in [5, 5.41) is 12.7. The number of rotatable bonds is 6. The topological polar surface area (TPSA) is 97.1 Å². The minimum atomic E-state index is -0.940. The highest BCUT2D eigenvalue weighted by Gasteiger charge is 2.20. The van der Waals surface area contributed by atoms with Crippen molar-refractivity contribution in [3.05, 3.63) is 133 Å². The van der Waals surface area contributed by atoms with Gasteiger partial charge in [0, 0.05) is 47.1 Å². The van der Waals surface area contributed by atoms with Crippen LogP contribution >= 0.6 is 0 Å². The van der Waals surface area contributed by atoms with Crippen molar-refractivity contribution >= 4 is 39.5 Å². The highest BCUT2D eigenvalue weighted by Crippen LogP contribution is 2.35. The van der Waals surface area contributed by atoms with Gasteiger partial charge in [-0.1, -0.05) is 30.3 Å². The summed E-state index contributed by atoms with van der Waals surface area (Å²) in [6, 6.07) is 25.6. The van der Waals surface area contributed by atoms with Crippen molar-refractivity contribution in [1.29, 1.82) is 0 Å². The molecule has 7 rings (SSSR count). The molecule has 0 unspecified atom stereocenters. The normalized spacial score (nSPS) is 11.1. The Morgan fingerprint density at radius 3 is 2.53 bits per heavy atom. The van der Waals surface area contributed by atoms with E-state index in [0.29, 0.717) is 28.6 Å². The van der Waals surface area contributed by atoms with Gasteiger partial charge in [-0.3, -0.25) is 9.78 Å². The first-order valence-electron chi connectivity index (χ1n) is 13.3. The molecule has 3 aromatic carbocycles. The summed E-state index contributed by atoms with van der Waals surface area (Å²) in [6.45, 7) is 0. The zero-order valence-corrected chi connectivity index (χ0v) is 22.4. The average Bonchev–Trinajstić information content (AvgIpc) is 3.41. The third-order valence-corrected chi connectivity index (χ3v) is 6.93. The monoisotopic (exact) mass is 569 g/mol. The average molecular weight is 570 g/mol. The molecule has 4 aromatic heterocycles. The third kappa shape index (κ3) is 5.02. The molecule has 0 bridgehead atoms. The summed E-state index contributed by atoms with van der Waals surface area (Å²) in [4.78, 5) is 26.2. The number of carbonyl (C=O) groups is 1. The lowest BCUT2D eigenvalue weighted by Crippen LogP contribution is -2.15. The second-order valence-corrected chi connectivity index (χ2v) is 9.71. The number of benzene rings is 3. The Kier molecular flexibility index (Phi) is 6.48. The van der Waals surface area contributed by atoms with Gasteiger partial charge >= 0.3 is 0 Å². The number of hydrogen-bond donors (Lipinski definition) is 2. The number of pyridine rings is 2. The second kappa shape index (κ2) is 10.7. The van der Waals surface area contributed by atoms with Crippen LogP contribution in [0.4, 0.5) is 26.1 Å². The molecule has 0 saturated heterocycles. The first kappa shape index (κ1) is 25.9. The van der Waals surface area contributed by atoms with Crippen LogP contribution < -0.4 is 10.6 Å². The Morgan fingerprint density at radius 2 is 1.65 bits per heavy atom. The summed E-state index contributed by atoms with van der Waals surface area (Å²) in [5.74, 6) is -2.37.